The fraction of sp³-hybridized carbons (Fsp3) is 0.333. The third-order valence-electron chi connectivity index (χ3n) is 3.78. The summed E-state index contributed by atoms with van der Waals surface area (Å²) < 4.78 is 73.5. The first kappa shape index (κ1) is 20.9. The van der Waals surface area contributed by atoms with Gasteiger partial charge in [0.05, 0.1) is 12.0 Å². The maximum Gasteiger partial charge on any atom is 0.573 e. The van der Waals surface area contributed by atoms with Crippen molar-refractivity contribution in [3.63, 3.8) is 0 Å². The number of benzene rings is 2. The summed E-state index contributed by atoms with van der Waals surface area (Å²) in [5, 5.41) is 0. The van der Waals surface area contributed by atoms with E-state index in [0.717, 1.165) is 17.7 Å². The smallest absolute Gasteiger partial charge is 0.496 e. The Bertz CT molecular complexity index is 907. The lowest BCUT2D eigenvalue weighted by Crippen LogP contribution is -2.17. The first-order chi connectivity index (χ1) is 12.4. The fourth-order valence-corrected chi connectivity index (χ4v) is 3.85. The minimum atomic E-state index is -4.81. The van der Waals surface area contributed by atoms with E-state index < -0.39 is 22.1 Å². The van der Waals surface area contributed by atoms with Crippen LogP contribution >= 0.6 is 0 Å². The number of hydrogen-bond acceptors (Lipinski definition) is 4. The van der Waals surface area contributed by atoms with Crippen LogP contribution in [0.4, 0.5) is 18.9 Å². The molecule has 9 heteroatoms. The number of nitrogens with one attached hydrogen (secondary N) is 1. The molecule has 2 rings (SSSR count). The van der Waals surface area contributed by atoms with Gasteiger partial charge in [0, 0.05) is 5.69 Å². The van der Waals surface area contributed by atoms with Gasteiger partial charge in [-0.1, -0.05) is 13.8 Å². The van der Waals surface area contributed by atoms with E-state index in [1.807, 2.05) is 13.8 Å². The fourth-order valence-electron chi connectivity index (χ4n) is 2.53. The summed E-state index contributed by atoms with van der Waals surface area (Å²) in [6.07, 6.45) is -4.81. The number of alkyl halides is 3. The average Bonchev–Trinajstić information content (AvgIpc) is 2.54. The minimum Gasteiger partial charge on any atom is -0.496 e. The van der Waals surface area contributed by atoms with Crippen molar-refractivity contribution in [3.05, 3.63) is 47.5 Å². The van der Waals surface area contributed by atoms with E-state index in [-0.39, 0.29) is 16.5 Å². The highest BCUT2D eigenvalue weighted by atomic mass is 32.2. The van der Waals surface area contributed by atoms with Crippen molar-refractivity contribution in [1.29, 1.82) is 0 Å². The molecule has 0 atom stereocenters. The SMILES string of the molecule is COc1cc(C)c(S(=O)(=O)Nc2ccc(OC(F)(F)F)cc2)cc1C(C)C. The summed E-state index contributed by atoms with van der Waals surface area (Å²) in [6, 6.07) is 7.64. The van der Waals surface area contributed by atoms with Gasteiger partial charge in [0.25, 0.3) is 10.0 Å². The van der Waals surface area contributed by atoms with E-state index in [1.165, 1.54) is 19.2 Å². The second-order valence-corrected chi connectivity index (χ2v) is 7.84. The number of sulfonamides is 1. The normalized spacial score (nSPS) is 12.1. The highest BCUT2D eigenvalue weighted by Crippen LogP contribution is 2.32. The van der Waals surface area contributed by atoms with E-state index in [2.05, 4.69) is 9.46 Å². The number of halogens is 3. The Labute approximate surface area is 156 Å². The molecule has 2 aromatic rings. The van der Waals surface area contributed by atoms with Gasteiger partial charge in [-0.25, -0.2) is 8.42 Å². The second kappa shape index (κ2) is 7.67. The molecule has 0 spiro atoms. The van der Waals surface area contributed by atoms with Crippen molar-refractivity contribution in [2.24, 2.45) is 0 Å². The summed E-state index contributed by atoms with van der Waals surface area (Å²) in [7, 11) is -2.43. The van der Waals surface area contributed by atoms with Crippen LogP contribution in [0.25, 0.3) is 0 Å². The van der Waals surface area contributed by atoms with Crippen molar-refractivity contribution in [2.75, 3.05) is 11.8 Å². The lowest BCUT2D eigenvalue weighted by Gasteiger charge is -2.17. The number of anilines is 1. The number of rotatable bonds is 6. The number of aryl methyl sites for hydroxylation is 1. The van der Waals surface area contributed by atoms with E-state index in [1.54, 1.807) is 19.1 Å². The topological polar surface area (TPSA) is 64.6 Å². The zero-order valence-corrected chi connectivity index (χ0v) is 16.0. The largest absolute Gasteiger partial charge is 0.573 e. The first-order valence-electron chi connectivity index (χ1n) is 8.00. The van der Waals surface area contributed by atoms with E-state index in [9.17, 15) is 21.6 Å². The molecule has 0 fully saturated rings. The molecule has 0 saturated carbocycles. The van der Waals surface area contributed by atoms with Crippen LogP contribution in [0.5, 0.6) is 11.5 Å². The Morgan fingerprint density at radius 2 is 1.67 bits per heavy atom. The molecule has 0 aromatic heterocycles. The van der Waals surface area contributed by atoms with Crippen LogP contribution in [0.3, 0.4) is 0 Å². The molecule has 148 valence electrons. The van der Waals surface area contributed by atoms with Gasteiger partial charge in [-0.05, 0) is 60.4 Å². The Balaban J connectivity index is 2.33. The molecule has 5 nitrogen and oxygen atoms in total. The summed E-state index contributed by atoms with van der Waals surface area (Å²) in [5.41, 5.74) is 1.34. The van der Waals surface area contributed by atoms with Gasteiger partial charge < -0.3 is 9.47 Å². The molecule has 2 aromatic carbocycles. The number of ether oxygens (including phenoxy) is 2. The van der Waals surface area contributed by atoms with Crippen LogP contribution in [0, 0.1) is 6.92 Å². The van der Waals surface area contributed by atoms with Gasteiger partial charge in [-0.2, -0.15) is 0 Å². The quantitative estimate of drug-likeness (QED) is 0.751. The van der Waals surface area contributed by atoms with Crippen molar-refractivity contribution < 1.29 is 31.1 Å². The standard InChI is InChI=1S/C18H20F3NO4S/c1-11(2)15-10-17(12(3)9-16(15)25-4)27(23,24)22-13-5-7-14(8-6-13)26-18(19,20)21/h5-11,22H,1-4H3. The van der Waals surface area contributed by atoms with Crippen LogP contribution in [-0.2, 0) is 10.0 Å². The van der Waals surface area contributed by atoms with Gasteiger partial charge >= 0.3 is 6.36 Å². The Morgan fingerprint density at radius 1 is 1.07 bits per heavy atom. The molecule has 0 saturated heterocycles. The maximum atomic E-state index is 12.7. The van der Waals surface area contributed by atoms with Crippen LogP contribution in [0.2, 0.25) is 0 Å². The molecule has 0 unspecified atom stereocenters. The molecule has 0 aliphatic carbocycles. The zero-order valence-electron chi connectivity index (χ0n) is 15.2. The highest BCUT2D eigenvalue weighted by molar-refractivity contribution is 7.92. The summed E-state index contributed by atoms with van der Waals surface area (Å²) >= 11 is 0. The van der Waals surface area contributed by atoms with Gasteiger partial charge in [0.2, 0.25) is 0 Å². The highest BCUT2D eigenvalue weighted by Gasteiger charge is 2.31. The van der Waals surface area contributed by atoms with Crippen LogP contribution < -0.4 is 14.2 Å². The molecule has 0 bridgehead atoms. The molecule has 0 amide bonds. The third kappa shape index (κ3) is 5.29. The third-order valence-corrected chi connectivity index (χ3v) is 5.30. The predicted octanol–water partition coefficient (Wildman–Crippen LogP) is 4.83. The molecule has 1 N–H and O–H groups in total. The van der Waals surface area contributed by atoms with Gasteiger partial charge in [0.1, 0.15) is 11.5 Å². The Morgan fingerprint density at radius 3 is 2.15 bits per heavy atom. The van der Waals surface area contributed by atoms with Gasteiger partial charge in [-0.3, -0.25) is 4.72 Å². The van der Waals surface area contributed by atoms with Crippen molar-refractivity contribution in [1.82, 2.24) is 0 Å². The van der Waals surface area contributed by atoms with E-state index in [4.69, 9.17) is 4.74 Å². The molecule has 27 heavy (non-hydrogen) atoms. The van der Waals surface area contributed by atoms with Gasteiger partial charge in [-0.15, -0.1) is 13.2 Å². The predicted molar refractivity (Wildman–Crippen MR) is 95.8 cm³/mol. The van der Waals surface area contributed by atoms with Crippen molar-refractivity contribution >= 4 is 15.7 Å². The van der Waals surface area contributed by atoms with Gasteiger partial charge in [0.15, 0.2) is 0 Å². The summed E-state index contributed by atoms with van der Waals surface area (Å²) in [6.45, 7) is 5.47. The van der Waals surface area contributed by atoms with Crippen LogP contribution in [0.1, 0.15) is 30.9 Å². The second-order valence-electron chi connectivity index (χ2n) is 6.19. The minimum absolute atomic E-state index is 0.0355. The lowest BCUT2D eigenvalue weighted by molar-refractivity contribution is -0.274. The van der Waals surface area contributed by atoms with Crippen LogP contribution in [0.15, 0.2) is 41.3 Å². The maximum absolute atomic E-state index is 12.7. The Hall–Kier alpha value is -2.42. The lowest BCUT2D eigenvalue weighted by atomic mass is 10.0. The molecule has 0 radical (unpaired) electrons. The molecular formula is C18H20F3NO4S. The summed E-state index contributed by atoms with van der Waals surface area (Å²) in [5.74, 6) is 0.191. The first-order valence-corrected chi connectivity index (χ1v) is 9.48. The molecular weight excluding hydrogens is 383 g/mol. The zero-order chi connectivity index (χ0) is 20.4. The molecule has 0 heterocycles. The molecule has 0 aliphatic heterocycles. The van der Waals surface area contributed by atoms with E-state index in [0.29, 0.717) is 11.3 Å². The van der Waals surface area contributed by atoms with Crippen molar-refractivity contribution in [2.45, 2.75) is 37.9 Å². The Kier molecular flexibility index (Phi) is 5.94. The van der Waals surface area contributed by atoms with Crippen LogP contribution in [-0.4, -0.2) is 21.9 Å². The average molecular weight is 403 g/mol. The molecule has 0 aliphatic rings. The monoisotopic (exact) mass is 403 g/mol. The summed E-state index contributed by atoms with van der Waals surface area (Å²) in [4.78, 5) is 0.0719. The number of hydrogen-bond donors (Lipinski definition) is 1. The van der Waals surface area contributed by atoms with E-state index >= 15 is 0 Å². The number of methoxy groups -OCH3 is 1. The van der Waals surface area contributed by atoms with Crippen molar-refractivity contribution in [3.8, 4) is 11.5 Å².